The Kier molecular flexibility index (Phi) is 6.59. The number of rotatable bonds is 2. The van der Waals surface area contributed by atoms with Gasteiger partial charge in [0, 0.05) is 40.1 Å². The van der Waals surface area contributed by atoms with Gasteiger partial charge in [0.1, 0.15) is 28.1 Å². The van der Waals surface area contributed by atoms with Gasteiger partial charge in [0.15, 0.2) is 0 Å². The van der Waals surface area contributed by atoms with Crippen molar-refractivity contribution in [2.75, 3.05) is 14.1 Å². The molecule has 2 aliphatic carbocycles. The number of nitriles is 1. The van der Waals surface area contributed by atoms with Crippen LogP contribution in [-0.4, -0.2) is 65.0 Å². The highest BCUT2D eigenvalue weighted by Gasteiger charge is 2.51. The van der Waals surface area contributed by atoms with E-state index < -0.39 is 41.0 Å². The topological polar surface area (TPSA) is 128 Å². The highest BCUT2D eigenvalue weighted by molar-refractivity contribution is 7.40. The van der Waals surface area contributed by atoms with Crippen LogP contribution >= 0.6 is 34.0 Å². The largest absolute Gasteiger partial charge is 0.313 e. The van der Waals surface area contributed by atoms with Crippen LogP contribution in [0.25, 0.3) is 29.2 Å². The van der Waals surface area contributed by atoms with E-state index in [1.165, 1.54) is 40.6 Å². The Hall–Kier alpha value is -4.56. The molecule has 2 atom stereocenters. The Morgan fingerprint density at radius 1 is 0.936 bits per heavy atom. The number of nitrogens with zero attached hydrogens (tertiary/aromatic N) is 6. The molecule has 5 heterocycles. The summed E-state index contributed by atoms with van der Waals surface area (Å²) >= 11 is 4.92. The summed E-state index contributed by atoms with van der Waals surface area (Å²) in [5.41, 5.74) is 3.88. The smallest absolute Gasteiger partial charge is 0.302 e. The van der Waals surface area contributed by atoms with Gasteiger partial charge in [-0.05, 0) is 42.7 Å². The van der Waals surface area contributed by atoms with Crippen LogP contribution in [0.1, 0.15) is 52.0 Å². The van der Waals surface area contributed by atoms with Crippen LogP contribution < -0.4 is 0 Å². The van der Waals surface area contributed by atoms with Crippen molar-refractivity contribution in [2.45, 2.75) is 53.0 Å². The molecule has 1 fully saturated rings. The van der Waals surface area contributed by atoms with Crippen LogP contribution in [0, 0.1) is 29.2 Å². The Labute approximate surface area is 282 Å². The zero-order valence-electron chi connectivity index (χ0n) is 26.9. The lowest BCUT2D eigenvalue weighted by Gasteiger charge is -2.27. The van der Waals surface area contributed by atoms with Crippen molar-refractivity contribution in [3.8, 4) is 6.07 Å². The molecule has 0 spiro atoms. The molecule has 3 aromatic heterocycles. The van der Waals surface area contributed by atoms with E-state index in [4.69, 9.17) is 16.6 Å². The molecule has 4 amide bonds. The molecule has 0 saturated carbocycles. The lowest BCUT2D eigenvalue weighted by Crippen LogP contribution is -2.53. The number of amides is 4. The molecular formula is C34H28N6O4S3. The summed E-state index contributed by atoms with van der Waals surface area (Å²) in [5.74, 6) is -2.73. The molecule has 1 saturated heterocycles. The summed E-state index contributed by atoms with van der Waals surface area (Å²) in [6.07, 6.45) is 2.06. The number of carbonyl (C=O) groups excluding carboxylic acids is 4. The highest BCUT2D eigenvalue weighted by atomic mass is 32.1. The second kappa shape index (κ2) is 9.97. The molecule has 47 heavy (non-hydrogen) atoms. The first kappa shape index (κ1) is 31.1. The molecular weight excluding hydrogens is 653 g/mol. The van der Waals surface area contributed by atoms with Gasteiger partial charge in [0.25, 0.3) is 17.7 Å². The molecule has 0 aromatic carbocycles. The zero-order chi connectivity index (χ0) is 34.1. The predicted molar refractivity (Wildman–Crippen MR) is 185 cm³/mol. The minimum Gasteiger partial charge on any atom is -0.302 e. The van der Waals surface area contributed by atoms with E-state index in [0.717, 1.165) is 35.0 Å². The van der Waals surface area contributed by atoms with Crippen molar-refractivity contribution in [3.63, 3.8) is 0 Å². The normalized spacial score (nSPS) is 25.4. The number of thiophene rings is 3. The first-order chi connectivity index (χ1) is 22.1. The van der Waals surface area contributed by atoms with Crippen LogP contribution in [-0.2, 0) is 24.6 Å². The number of fused-ring (bicyclic) bond motifs is 6. The minimum atomic E-state index is -0.972. The third kappa shape index (κ3) is 3.97. The van der Waals surface area contributed by atoms with Gasteiger partial charge in [-0.3, -0.25) is 29.0 Å². The van der Waals surface area contributed by atoms with Gasteiger partial charge in [0.05, 0.1) is 25.7 Å². The fourth-order valence-corrected chi connectivity index (χ4v) is 11.6. The fourth-order valence-electron chi connectivity index (χ4n) is 6.93. The van der Waals surface area contributed by atoms with Gasteiger partial charge < -0.3 is 4.85 Å². The number of likely N-dealkylation sites (tertiary alicyclic amines) is 1. The van der Waals surface area contributed by atoms with Crippen LogP contribution in [0.15, 0.2) is 44.5 Å². The molecule has 2 unspecified atom stereocenters. The quantitative estimate of drug-likeness (QED) is 0.228. The number of imide groups is 2. The third-order valence-electron chi connectivity index (χ3n) is 9.79. The van der Waals surface area contributed by atoms with Crippen molar-refractivity contribution in [1.29, 1.82) is 5.26 Å². The van der Waals surface area contributed by atoms with Crippen molar-refractivity contribution < 1.29 is 19.2 Å². The number of hydrogen-bond donors (Lipinski definition) is 0. The SMILES string of the molecule is [C-]#[N+]C1C(=O)N(C)C(=O)C(=Nc2cc3sc4c5c(sc4c3s2)C2=C(C=C(N=C3C(=O)N(C)C(=O)C(C#N)=C3C)C2(C)C)C5(C)C)C1C. The maximum atomic E-state index is 13.1. The van der Waals surface area contributed by atoms with Gasteiger partial charge in [-0.15, -0.1) is 34.0 Å². The minimum absolute atomic E-state index is 0.0812. The average Bonchev–Trinajstić information content (AvgIpc) is 3.76. The number of likely N-dealkylation sites (N-methyl/N-ethyl adjacent to an activating group) is 2. The van der Waals surface area contributed by atoms with Crippen LogP contribution in [0.5, 0.6) is 0 Å². The Bertz CT molecular complexity index is 2320. The number of hydrogen-bond acceptors (Lipinski definition) is 10. The molecule has 13 heteroatoms. The van der Waals surface area contributed by atoms with Crippen LogP contribution in [0.2, 0.25) is 0 Å². The van der Waals surface area contributed by atoms with E-state index in [1.807, 2.05) is 12.1 Å². The molecule has 0 bridgehead atoms. The van der Waals surface area contributed by atoms with Crippen molar-refractivity contribution in [1.82, 2.24) is 9.80 Å². The monoisotopic (exact) mass is 680 g/mol. The zero-order valence-corrected chi connectivity index (χ0v) is 29.3. The molecule has 3 aromatic rings. The van der Waals surface area contributed by atoms with Gasteiger partial charge >= 0.3 is 11.9 Å². The lowest BCUT2D eigenvalue weighted by atomic mass is 9.82. The van der Waals surface area contributed by atoms with Gasteiger partial charge in [-0.25, -0.2) is 16.6 Å². The highest BCUT2D eigenvalue weighted by Crippen LogP contribution is 2.65. The summed E-state index contributed by atoms with van der Waals surface area (Å²) in [5, 5.41) is 10.3. The number of carbonyl (C=O) groups is 4. The van der Waals surface area contributed by atoms with Gasteiger partial charge in [-0.2, -0.15) is 5.26 Å². The lowest BCUT2D eigenvalue weighted by molar-refractivity contribution is -0.142. The van der Waals surface area contributed by atoms with E-state index in [1.54, 1.807) is 36.5 Å². The van der Waals surface area contributed by atoms with Crippen molar-refractivity contribution in [2.24, 2.45) is 21.3 Å². The predicted octanol–water partition coefficient (Wildman–Crippen LogP) is 6.42. The average molecular weight is 681 g/mol. The van der Waals surface area contributed by atoms with Crippen molar-refractivity contribution >= 4 is 98.4 Å². The standard InChI is InChI=1S/C34H28N6O4S3/c1-13-15(12-35)29(41)39(8)31(43)23(13)37-18-10-16-20(34(18,5)6)26-21(33(16,3)4)27-28(47-26)25-17(45-27)11-19(46-25)38-24-14(2)22(36-7)30(42)40(9)32(24)44/h10-11,14,22H,1-6,8-9H3. The number of allylic oxidation sites excluding steroid dienone is 3. The summed E-state index contributed by atoms with van der Waals surface area (Å²) in [4.78, 5) is 67.2. The maximum Gasteiger partial charge on any atom is 0.313 e. The molecule has 2 aliphatic heterocycles. The first-order valence-electron chi connectivity index (χ1n) is 14.8. The second-order valence-electron chi connectivity index (χ2n) is 13.2. The fraction of sp³-hybridized carbons (Fsp3) is 0.353. The Morgan fingerprint density at radius 3 is 2.30 bits per heavy atom. The second-order valence-corrected chi connectivity index (χ2v) is 16.3. The van der Waals surface area contributed by atoms with E-state index in [-0.39, 0.29) is 28.0 Å². The maximum absolute atomic E-state index is 13.1. The third-order valence-corrected chi connectivity index (χ3v) is 13.6. The van der Waals surface area contributed by atoms with Gasteiger partial charge in [0.2, 0.25) is 0 Å². The first-order valence-corrected chi connectivity index (χ1v) is 17.3. The summed E-state index contributed by atoms with van der Waals surface area (Å²) in [6.45, 7) is 19.4. The van der Waals surface area contributed by atoms with E-state index in [9.17, 15) is 24.4 Å². The van der Waals surface area contributed by atoms with Gasteiger partial charge in [-0.1, -0.05) is 27.7 Å². The summed E-state index contributed by atoms with van der Waals surface area (Å²) in [7, 11) is 2.76. The number of piperidine rings is 1. The van der Waals surface area contributed by atoms with E-state index in [0.29, 0.717) is 10.7 Å². The van der Waals surface area contributed by atoms with Crippen molar-refractivity contribution in [3.05, 3.63) is 56.4 Å². The Morgan fingerprint density at radius 2 is 1.64 bits per heavy atom. The Balaban J connectivity index is 1.31. The van der Waals surface area contributed by atoms with E-state index >= 15 is 0 Å². The molecule has 0 radical (unpaired) electrons. The van der Waals surface area contributed by atoms with E-state index in [2.05, 4.69) is 38.6 Å². The molecule has 7 rings (SSSR count). The summed E-state index contributed by atoms with van der Waals surface area (Å²) in [6, 6.07) is 2.95. The van der Waals surface area contributed by atoms with Crippen LogP contribution in [0.3, 0.4) is 0 Å². The molecule has 0 N–H and O–H groups in total. The number of aliphatic imine (C=N–C) groups is 2. The molecule has 4 aliphatic rings. The molecule has 236 valence electrons. The van der Waals surface area contributed by atoms with Crippen LogP contribution in [0.4, 0.5) is 5.00 Å². The summed E-state index contributed by atoms with van der Waals surface area (Å²) < 4.78 is 4.51. The molecule has 10 nitrogen and oxygen atoms in total.